The second kappa shape index (κ2) is 11.1. The van der Waals surface area contributed by atoms with Gasteiger partial charge in [0.25, 0.3) is 10.1 Å². The van der Waals surface area contributed by atoms with Crippen LogP contribution in [-0.2, 0) is 10.1 Å². The third-order valence-electron chi connectivity index (χ3n) is 5.22. The van der Waals surface area contributed by atoms with Crippen molar-refractivity contribution in [1.29, 1.82) is 0 Å². The lowest BCUT2D eigenvalue weighted by molar-refractivity contribution is 0.110. The van der Waals surface area contributed by atoms with Crippen molar-refractivity contribution in [1.82, 2.24) is 0 Å². The molecule has 34 heavy (non-hydrogen) atoms. The highest BCUT2D eigenvalue weighted by molar-refractivity contribution is 7.86. The zero-order valence-corrected chi connectivity index (χ0v) is 20.3. The van der Waals surface area contributed by atoms with Gasteiger partial charge in [-0.3, -0.25) is 4.55 Å². The van der Waals surface area contributed by atoms with E-state index in [0.717, 1.165) is 5.69 Å². The molecule has 0 radical (unpaired) electrons. The maximum absolute atomic E-state index is 11.8. The summed E-state index contributed by atoms with van der Waals surface area (Å²) in [4.78, 5) is 1.81. The molecule has 3 aromatic rings. The lowest BCUT2D eigenvalue weighted by atomic mass is 10.1. The molecule has 0 aromatic heterocycles. The molecule has 0 saturated carbocycles. The molecule has 3 rings (SSSR count). The zero-order chi connectivity index (χ0) is 24.9. The molecule has 0 saturated heterocycles. The second-order valence-corrected chi connectivity index (χ2v) is 9.84. The Morgan fingerprint density at radius 1 is 0.853 bits per heavy atom. The minimum Gasteiger partial charge on any atom is -0.491 e. The van der Waals surface area contributed by atoms with E-state index in [1.807, 2.05) is 18.7 Å². The summed E-state index contributed by atoms with van der Waals surface area (Å²) in [5.41, 5.74) is 0.741. The number of rotatable bonds is 11. The molecule has 0 aliphatic rings. The van der Waals surface area contributed by atoms with E-state index in [4.69, 9.17) is 9.47 Å². The van der Waals surface area contributed by atoms with Crippen LogP contribution >= 0.6 is 0 Å². The van der Waals surface area contributed by atoms with Crippen LogP contribution in [0.3, 0.4) is 0 Å². The quantitative estimate of drug-likeness (QED) is 0.351. The highest BCUT2D eigenvalue weighted by atomic mass is 32.2. The number of hydrogen-bond acceptors (Lipinski definition) is 7. The smallest absolute Gasteiger partial charge is 0.295 e. The first kappa shape index (κ1) is 25.8. The number of hydrogen-bond donors (Lipinski definition) is 3. The molecule has 2 unspecified atom stereocenters. The maximum atomic E-state index is 11.8. The van der Waals surface area contributed by atoms with Gasteiger partial charge in [0.1, 0.15) is 35.7 Å². The largest absolute Gasteiger partial charge is 0.491 e. The first-order chi connectivity index (χ1) is 16.1. The number of nitrogens with zero attached hydrogens (tertiary/aromatic N) is 1. The van der Waals surface area contributed by atoms with Crippen LogP contribution in [-0.4, -0.2) is 61.2 Å². The van der Waals surface area contributed by atoms with Crippen LogP contribution in [0.15, 0.2) is 65.6 Å². The Labute approximate surface area is 200 Å². The summed E-state index contributed by atoms with van der Waals surface area (Å²) in [5, 5.41) is 21.2. The van der Waals surface area contributed by atoms with Crippen LogP contribution in [0.4, 0.5) is 5.69 Å². The highest BCUT2D eigenvalue weighted by Crippen LogP contribution is 2.33. The van der Waals surface area contributed by atoms with E-state index in [9.17, 15) is 23.2 Å². The number of aliphatic hydroxyl groups is 2. The Kier molecular flexibility index (Phi) is 8.37. The van der Waals surface area contributed by atoms with E-state index in [-0.39, 0.29) is 30.7 Å². The predicted molar refractivity (Wildman–Crippen MR) is 131 cm³/mol. The van der Waals surface area contributed by atoms with Crippen LogP contribution in [0.25, 0.3) is 10.8 Å². The fourth-order valence-electron chi connectivity index (χ4n) is 3.66. The van der Waals surface area contributed by atoms with Gasteiger partial charge in [-0.1, -0.05) is 30.3 Å². The van der Waals surface area contributed by atoms with Crippen LogP contribution < -0.4 is 14.4 Å². The Balaban J connectivity index is 1.76. The molecule has 184 valence electrons. The molecule has 3 aromatic carbocycles. The first-order valence-electron chi connectivity index (χ1n) is 11.0. The minimum absolute atomic E-state index is 0.00756. The van der Waals surface area contributed by atoms with Crippen molar-refractivity contribution in [2.75, 3.05) is 24.7 Å². The number of fused-ring (bicyclic) bond motifs is 1. The van der Waals surface area contributed by atoms with Gasteiger partial charge in [-0.15, -0.1) is 0 Å². The molecule has 9 heteroatoms. The summed E-state index contributed by atoms with van der Waals surface area (Å²) in [7, 11) is -4.38. The van der Waals surface area contributed by atoms with E-state index in [2.05, 4.69) is 0 Å². The minimum atomic E-state index is -4.38. The van der Waals surface area contributed by atoms with E-state index in [1.165, 1.54) is 6.07 Å². The van der Waals surface area contributed by atoms with E-state index in [0.29, 0.717) is 22.3 Å². The Morgan fingerprint density at radius 3 is 2.06 bits per heavy atom. The Morgan fingerprint density at radius 2 is 1.47 bits per heavy atom. The van der Waals surface area contributed by atoms with Crippen molar-refractivity contribution in [3.63, 3.8) is 0 Å². The number of anilines is 1. The van der Waals surface area contributed by atoms with Gasteiger partial charge < -0.3 is 24.6 Å². The average molecular weight is 490 g/mol. The van der Waals surface area contributed by atoms with Gasteiger partial charge in [-0.2, -0.15) is 8.42 Å². The number of ether oxygens (including phenoxy) is 2. The first-order valence-corrected chi connectivity index (χ1v) is 12.5. The zero-order valence-electron chi connectivity index (χ0n) is 19.5. The summed E-state index contributed by atoms with van der Waals surface area (Å²) in [6, 6.07) is 16.9. The normalized spacial score (nSPS) is 13.6. The SMILES string of the molecule is CC(O)COc1cccc(OCC(O)CN(c2ccc(S(=O)(=O)O)c3ccccc23)C(C)C)c1. The summed E-state index contributed by atoms with van der Waals surface area (Å²) in [6.45, 7) is 6.02. The molecule has 0 amide bonds. The van der Waals surface area contributed by atoms with Gasteiger partial charge in [-0.05, 0) is 45.0 Å². The summed E-state index contributed by atoms with van der Waals surface area (Å²) < 4.78 is 44.5. The average Bonchev–Trinajstić information content (AvgIpc) is 2.78. The van der Waals surface area contributed by atoms with Gasteiger partial charge in [-0.25, -0.2) is 0 Å². The second-order valence-electron chi connectivity index (χ2n) is 8.45. The Bertz CT molecular complexity index is 1210. The third kappa shape index (κ3) is 6.60. The van der Waals surface area contributed by atoms with Crippen molar-refractivity contribution < 1.29 is 32.7 Å². The Hall–Kier alpha value is -2.85. The van der Waals surface area contributed by atoms with E-state index >= 15 is 0 Å². The lowest BCUT2D eigenvalue weighted by Gasteiger charge is -2.32. The maximum Gasteiger partial charge on any atom is 0.295 e. The molecular weight excluding hydrogens is 458 g/mol. The van der Waals surface area contributed by atoms with Crippen molar-refractivity contribution >= 4 is 26.6 Å². The fourth-order valence-corrected chi connectivity index (χ4v) is 4.36. The fraction of sp³-hybridized carbons (Fsp3) is 0.360. The molecule has 8 nitrogen and oxygen atoms in total. The topological polar surface area (TPSA) is 117 Å². The van der Waals surface area contributed by atoms with Crippen LogP contribution in [0, 0.1) is 0 Å². The molecule has 2 atom stereocenters. The molecule has 3 N–H and O–H groups in total. The van der Waals surface area contributed by atoms with E-state index in [1.54, 1.807) is 61.5 Å². The standard InChI is InChI=1S/C25H31NO7S/c1-17(2)26(24-11-12-25(34(29,30)31)23-10-5-4-9-22(23)24)14-19(28)16-33-21-8-6-7-20(13-21)32-15-18(3)27/h4-13,17-19,27-28H,14-16H2,1-3H3,(H,29,30,31). The van der Waals surface area contributed by atoms with E-state index < -0.39 is 22.3 Å². The summed E-state index contributed by atoms with van der Waals surface area (Å²) >= 11 is 0. The lowest BCUT2D eigenvalue weighted by Crippen LogP contribution is -2.40. The van der Waals surface area contributed by atoms with Gasteiger partial charge in [0.15, 0.2) is 0 Å². The van der Waals surface area contributed by atoms with Crippen LogP contribution in [0.2, 0.25) is 0 Å². The van der Waals surface area contributed by atoms with Gasteiger partial charge >= 0.3 is 0 Å². The van der Waals surface area contributed by atoms with Crippen molar-refractivity contribution in [2.45, 2.75) is 43.9 Å². The molecule has 0 aliphatic carbocycles. The predicted octanol–water partition coefficient (Wildman–Crippen LogP) is 3.50. The van der Waals surface area contributed by atoms with Crippen molar-refractivity contribution in [3.8, 4) is 11.5 Å². The molecule has 0 bridgehead atoms. The van der Waals surface area contributed by atoms with Crippen LogP contribution in [0.5, 0.6) is 11.5 Å². The van der Waals surface area contributed by atoms with Gasteiger partial charge in [0, 0.05) is 35.1 Å². The molecule has 0 heterocycles. The third-order valence-corrected chi connectivity index (χ3v) is 6.13. The number of benzene rings is 3. The number of aliphatic hydroxyl groups excluding tert-OH is 2. The summed E-state index contributed by atoms with van der Waals surface area (Å²) in [6.07, 6.45) is -1.43. The van der Waals surface area contributed by atoms with Gasteiger partial charge in [0.05, 0.1) is 6.10 Å². The summed E-state index contributed by atoms with van der Waals surface area (Å²) in [5.74, 6) is 1.09. The monoisotopic (exact) mass is 489 g/mol. The van der Waals surface area contributed by atoms with Crippen molar-refractivity contribution in [3.05, 3.63) is 60.7 Å². The van der Waals surface area contributed by atoms with Crippen molar-refractivity contribution in [2.24, 2.45) is 0 Å². The molecular formula is C25H31NO7S. The highest BCUT2D eigenvalue weighted by Gasteiger charge is 2.21. The molecule has 0 fully saturated rings. The molecule has 0 spiro atoms. The van der Waals surface area contributed by atoms with Crippen LogP contribution in [0.1, 0.15) is 20.8 Å². The van der Waals surface area contributed by atoms with Gasteiger partial charge in [0.2, 0.25) is 0 Å². The molecule has 0 aliphatic heterocycles.